The van der Waals surface area contributed by atoms with Gasteiger partial charge in [0.05, 0.1) is 6.42 Å². The van der Waals surface area contributed by atoms with Crippen molar-refractivity contribution in [2.75, 3.05) is 6.54 Å². The van der Waals surface area contributed by atoms with Crippen LogP contribution >= 0.6 is 0 Å². The summed E-state index contributed by atoms with van der Waals surface area (Å²) in [4.78, 5) is 0. The van der Waals surface area contributed by atoms with Gasteiger partial charge in [0.25, 0.3) is 0 Å². The first-order chi connectivity index (χ1) is 7.44. The fraction of sp³-hybridized carbons (Fsp3) is 0.636. The molecule has 1 rings (SSSR count). The molecule has 1 heterocycles. The molecular weight excluding hydrogens is 217 g/mol. The third-order valence-corrected chi connectivity index (χ3v) is 2.45. The van der Waals surface area contributed by atoms with Gasteiger partial charge in [0.2, 0.25) is 0 Å². The minimum absolute atomic E-state index is 0.0123. The van der Waals surface area contributed by atoms with E-state index in [9.17, 15) is 13.2 Å². The first-order valence-electron chi connectivity index (χ1n) is 5.39. The lowest BCUT2D eigenvalue weighted by Gasteiger charge is -2.16. The van der Waals surface area contributed by atoms with E-state index < -0.39 is 12.6 Å². The average molecular weight is 234 g/mol. The van der Waals surface area contributed by atoms with Gasteiger partial charge in [-0.15, -0.1) is 0 Å². The van der Waals surface area contributed by atoms with E-state index in [1.54, 1.807) is 16.8 Å². The van der Waals surface area contributed by atoms with Gasteiger partial charge in [-0.25, -0.2) is 0 Å². The summed E-state index contributed by atoms with van der Waals surface area (Å²) >= 11 is 0. The van der Waals surface area contributed by atoms with E-state index >= 15 is 0 Å². The molecule has 0 aliphatic carbocycles. The van der Waals surface area contributed by atoms with Gasteiger partial charge in [-0.3, -0.25) is 0 Å². The second kappa shape index (κ2) is 5.39. The molecule has 0 amide bonds. The molecule has 5 heteroatoms. The van der Waals surface area contributed by atoms with Crippen LogP contribution in [0.25, 0.3) is 0 Å². The quantitative estimate of drug-likeness (QED) is 0.828. The number of alkyl halides is 3. The molecule has 2 nitrogen and oxygen atoms in total. The summed E-state index contributed by atoms with van der Waals surface area (Å²) in [7, 11) is 0. The lowest BCUT2D eigenvalue weighted by molar-refractivity contribution is -0.136. The van der Waals surface area contributed by atoms with E-state index in [1.807, 2.05) is 19.9 Å². The van der Waals surface area contributed by atoms with E-state index in [4.69, 9.17) is 0 Å². The fourth-order valence-electron chi connectivity index (χ4n) is 1.68. The molecule has 0 bridgehead atoms. The van der Waals surface area contributed by atoms with Crippen LogP contribution in [-0.2, 0) is 6.54 Å². The Bertz CT molecular complexity index is 317. The first kappa shape index (κ1) is 13.1. The van der Waals surface area contributed by atoms with Crippen molar-refractivity contribution in [3.8, 4) is 0 Å². The maximum Gasteiger partial charge on any atom is 0.390 e. The third kappa shape index (κ3) is 3.89. The summed E-state index contributed by atoms with van der Waals surface area (Å²) in [5.41, 5.74) is 0.895. The van der Waals surface area contributed by atoms with Crippen LogP contribution in [0.2, 0.25) is 0 Å². The minimum Gasteiger partial charge on any atom is -0.350 e. The van der Waals surface area contributed by atoms with Crippen molar-refractivity contribution in [2.45, 2.75) is 39.0 Å². The highest BCUT2D eigenvalue weighted by Gasteiger charge is 2.27. The molecule has 0 saturated heterocycles. The number of aromatic nitrogens is 1. The predicted molar refractivity (Wildman–Crippen MR) is 57.2 cm³/mol. The molecular formula is C11H17F3N2. The zero-order chi connectivity index (χ0) is 12.2. The number of aryl methyl sites for hydroxylation is 1. The van der Waals surface area contributed by atoms with Gasteiger partial charge in [-0.05, 0) is 25.6 Å². The molecule has 0 aromatic carbocycles. The van der Waals surface area contributed by atoms with Crippen LogP contribution in [0, 0.1) is 0 Å². The normalized spacial score (nSPS) is 14.1. The van der Waals surface area contributed by atoms with Crippen LogP contribution in [0.15, 0.2) is 18.3 Å². The molecule has 0 aliphatic heterocycles. The summed E-state index contributed by atoms with van der Waals surface area (Å²) in [6.07, 6.45) is -3.19. The van der Waals surface area contributed by atoms with Crippen molar-refractivity contribution in [1.29, 1.82) is 0 Å². The van der Waals surface area contributed by atoms with Gasteiger partial charge in [-0.1, -0.05) is 6.92 Å². The predicted octanol–water partition coefficient (Wildman–Crippen LogP) is 3.11. The molecule has 1 atom stereocenters. The fourth-order valence-corrected chi connectivity index (χ4v) is 1.68. The second-order valence-electron chi connectivity index (χ2n) is 3.77. The number of rotatable bonds is 5. The van der Waals surface area contributed by atoms with E-state index in [0.29, 0.717) is 0 Å². The third-order valence-electron chi connectivity index (χ3n) is 2.45. The van der Waals surface area contributed by atoms with E-state index in [1.165, 1.54) is 0 Å². The first-order valence-corrected chi connectivity index (χ1v) is 5.39. The molecule has 0 radical (unpaired) electrons. The molecule has 92 valence electrons. The van der Waals surface area contributed by atoms with Crippen LogP contribution in [-0.4, -0.2) is 17.3 Å². The molecule has 1 N–H and O–H groups in total. The zero-order valence-electron chi connectivity index (χ0n) is 9.51. The van der Waals surface area contributed by atoms with Crippen molar-refractivity contribution in [2.24, 2.45) is 0 Å². The largest absolute Gasteiger partial charge is 0.390 e. The number of nitrogens with zero attached hydrogens (tertiary/aromatic N) is 1. The zero-order valence-corrected chi connectivity index (χ0v) is 9.51. The highest BCUT2D eigenvalue weighted by Crippen LogP contribution is 2.22. The number of halogens is 3. The second-order valence-corrected chi connectivity index (χ2v) is 3.77. The molecule has 1 aromatic heterocycles. The maximum absolute atomic E-state index is 12.1. The van der Waals surface area contributed by atoms with Crippen molar-refractivity contribution in [1.82, 2.24) is 9.88 Å². The Hall–Kier alpha value is -0.970. The van der Waals surface area contributed by atoms with Crippen LogP contribution < -0.4 is 5.32 Å². The molecule has 0 fully saturated rings. The Morgan fingerprint density at radius 3 is 2.69 bits per heavy atom. The van der Waals surface area contributed by atoms with Gasteiger partial charge in [0.1, 0.15) is 0 Å². The summed E-state index contributed by atoms with van der Waals surface area (Å²) < 4.78 is 38.0. The van der Waals surface area contributed by atoms with Crippen molar-refractivity contribution < 1.29 is 13.2 Å². The van der Waals surface area contributed by atoms with Crippen molar-refractivity contribution >= 4 is 0 Å². The SMILES string of the molecule is CCNC(C)c1cccn1CCC(F)(F)F. The molecule has 0 aliphatic rings. The number of nitrogens with one attached hydrogen (secondary N) is 1. The lowest BCUT2D eigenvalue weighted by atomic mass is 10.2. The Balaban J connectivity index is 2.63. The average Bonchev–Trinajstić information content (AvgIpc) is 2.61. The van der Waals surface area contributed by atoms with E-state index in [0.717, 1.165) is 12.2 Å². The summed E-state index contributed by atoms with van der Waals surface area (Å²) in [6, 6.07) is 3.71. The van der Waals surface area contributed by atoms with Crippen LogP contribution in [0.4, 0.5) is 13.2 Å². The van der Waals surface area contributed by atoms with Crippen LogP contribution in [0.1, 0.15) is 32.0 Å². The Morgan fingerprint density at radius 1 is 1.44 bits per heavy atom. The smallest absolute Gasteiger partial charge is 0.350 e. The molecule has 0 spiro atoms. The topological polar surface area (TPSA) is 17.0 Å². The monoisotopic (exact) mass is 234 g/mol. The Labute approximate surface area is 93.5 Å². The van der Waals surface area contributed by atoms with Gasteiger partial charge in [-0.2, -0.15) is 13.2 Å². The van der Waals surface area contributed by atoms with E-state index in [-0.39, 0.29) is 12.6 Å². The molecule has 1 aromatic rings. The molecule has 16 heavy (non-hydrogen) atoms. The maximum atomic E-state index is 12.1. The van der Waals surface area contributed by atoms with E-state index in [2.05, 4.69) is 5.32 Å². The minimum atomic E-state index is -4.09. The van der Waals surface area contributed by atoms with Crippen molar-refractivity contribution in [3.63, 3.8) is 0 Å². The summed E-state index contributed by atoms with van der Waals surface area (Å²) in [5.74, 6) is 0. The lowest BCUT2D eigenvalue weighted by Crippen LogP contribution is -2.21. The van der Waals surface area contributed by atoms with Crippen LogP contribution in [0.3, 0.4) is 0 Å². The Kier molecular flexibility index (Phi) is 4.41. The summed E-state index contributed by atoms with van der Waals surface area (Å²) in [6.45, 7) is 4.70. The van der Waals surface area contributed by atoms with Gasteiger partial charge in [0, 0.05) is 24.5 Å². The van der Waals surface area contributed by atoms with Crippen molar-refractivity contribution in [3.05, 3.63) is 24.0 Å². The standard InChI is InChI=1S/C11H17F3N2/c1-3-15-9(2)10-5-4-7-16(10)8-6-11(12,13)14/h4-5,7,9,15H,3,6,8H2,1-2H3. The number of hydrogen-bond donors (Lipinski definition) is 1. The summed E-state index contributed by atoms with van der Waals surface area (Å²) in [5, 5.41) is 3.18. The van der Waals surface area contributed by atoms with Gasteiger partial charge < -0.3 is 9.88 Å². The highest BCUT2D eigenvalue weighted by atomic mass is 19.4. The molecule has 1 unspecified atom stereocenters. The van der Waals surface area contributed by atoms with Gasteiger partial charge >= 0.3 is 6.18 Å². The Morgan fingerprint density at radius 2 is 2.12 bits per heavy atom. The molecule has 0 saturated carbocycles. The highest BCUT2D eigenvalue weighted by molar-refractivity contribution is 5.11. The van der Waals surface area contributed by atoms with Gasteiger partial charge in [0.15, 0.2) is 0 Å². The number of hydrogen-bond acceptors (Lipinski definition) is 1. The van der Waals surface area contributed by atoms with Crippen LogP contribution in [0.5, 0.6) is 0 Å².